The first-order valence-electron chi connectivity index (χ1n) is 12.1. The fourth-order valence-electron chi connectivity index (χ4n) is 4.37. The van der Waals surface area contributed by atoms with Gasteiger partial charge in [-0.2, -0.15) is 13.2 Å². The number of hydrogen-bond donors (Lipinski definition) is 3. The number of aliphatic hydroxyl groups is 2. The lowest BCUT2D eigenvalue weighted by Gasteiger charge is -2.46. The van der Waals surface area contributed by atoms with Gasteiger partial charge in [-0.15, -0.1) is 10.2 Å². The van der Waals surface area contributed by atoms with E-state index in [1.54, 1.807) is 6.92 Å². The number of halogens is 3. The Morgan fingerprint density at radius 3 is 2.68 bits per heavy atom. The molecule has 0 radical (unpaired) electrons. The summed E-state index contributed by atoms with van der Waals surface area (Å²) in [6, 6.07) is 1.96. The summed E-state index contributed by atoms with van der Waals surface area (Å²) in [5, 5.41) is 28.6. The van der Waals surface area contributed by atoms with Crippen LogP contribution in [0.1, 0.15) is 42.5 Å². The maximum absolute atomic E-state index is 13.4. The van der Waals surface area contributed by atoms with Crippen LogP contribution in [0.15, 0.2) is 12.1 Å². The molecule has 0 spiro atoms. The minimum Gasteiger partial charge on any atom is -0.474 e. The zero-order valence-corrected chi connectivity index (χ0v) is 20.8. The predicted molar refractivity (Wildman–Crippen MR) is 128 cm³/mol. The van der Waals surface area contributed by atoms with Crippen LogP contribution in [0.4, 0.5) is 35.3 Å². The van der Waals surface area contributed by atoms with E-state index in [1.165, 1.54) is 17.0 Å². The standard InChI is InChI=1S/C23H28F3N7O5/c1-12(23(24,25)26)8-16(36)20-27-13(2)19-21(29-20)33(14-4-3-7-32(19)9-14)22(37)28-17-5-6-18(31-30-17)38-11-15(35)10-34/h5-6,12,14-15,34-35H,3-4,7-11H2,1-2H3,(H,28,30,37)/t12-,14-,15-/m0/s1. The second-order valence-electron chi connectivity index (χ2n) is 9.32. The quantitative estimate of drug-likeness (QED) is 0.425. The van der Waals surface area contributed by atoms with Gasteiger partial charge in [0.15, 0.2) is 17.5 Å². The molecule has 3 atom stereocenters. The molecule has 15 heteroatoms. The van der Waals surface area contributed by atoms with Gasteiger partial charge in [0, 0.05) is 25.6 Å². The number of anilines is 3. The lowest BCUT2D eigenvalue weighted by molar-refractivity contribution is -0.168. The van der Waals surface area contributed by atoms with Gasteiger partial charge < -0.3 is 19.8 Å². The van der Waals surface area contributed by atoms with E-state index >= 15 is 0 Å². The predicted octanol–water partition coefficient (Wildman–Crippen LogP) is 2.10. The lowest BCUT2D eigenvalue weighted by atomic mass is 9.99. The van der Waals surface area contributed by atoms with Crippen LogP contribution in [0.2, 0.25) is 0 Å². The highest BCUT2D eigenvalue weighted by atomic mass is 19.4. The van der Waals surface area contributed by atoms with Crippen molar-refractivity contribution < 1.29 is 37.7 Å². The third-order valence-corrected chi connectivity index (χ3v) is 6.37. The minimum atomic E-state index is -4.53. The Bertz CT molecular complexity index is 1180. The van der Waals surface area contributed by atoms with Crippen molar-refractivity contribution in [3.05, 3.63) is 23.7 Å². The van der Waals surface area contributed by atoms with Crippen molar-refractivity contribution in [1.29, 1.82) is 0 Å². The number of nitrogens with zero attached hydrogens (tertiary/aromatic N) is 6. The SMILES string of the molecule is Cc1nc(C(=O)C[C@H](C)C(F)(F)F)nc2c1N1CCC[C@@H](C1)N2C(=O)Nc1ccc(OC[C@@H](O)CO)nn1. The molecule has 0 aliphatic carbocycles. The van der Waals surface area contributed by atoms with Crippen molar-refractivity contribution >= 4 is 29.1 Å². The Labute approximate surface area is 215 Å². The summed E-state index contributed by atoms with van der Waals surface area (Å²) in [5.74, 6) is -2.79. The van der Waals surface area contributed by atoms with Crippen LogP contribution in [0, 0.1) is 12.8 Å². The van der Waals surface area contributed by atoms with Crippen LogP contribution in [-0.4, -0.2) is 86.8 Å². The number of carbonyl (C=O) groups excluding carboxylic acids is 2. The number of nitrogens with one attached hydrogen (secondary N) is 1. The van der Waals surface area contributed by atoms with Gasteiger partial charge in [0.2, 0.25) is 11.7 Å². The Hall–Kier alpha value is -3.59. The fraction of sp³-hybridized carbons (Fsp3) is 0.565. The third-order valence-electron chi connectivity index (χ3n) is 6.37. The van der Waals surface area contributed by atoms with Crippen molar-refractivity contribution in [3.8, 4) is 5.88 Å². The zero-order valence-electron chi connectivity index (χ0n) is 20.8. The van der Waals surface area contributed by atoms with Crippen LogP contribution < -0.4 is 19.9 Å². The summed E-state index contributed by atoms with van der Waals surface area (Å²) < 4.78 is 44.3. The Morgan fingerprint density at radius 1 is 1.26 bits per heavy atom. The van der Waals surface area contributed by atoms with Crippen LogP contribution >= 0.6 is 0 Å². The first-order chi connectivity index (χ1) is 18.0. The monoisotopic (exact) mass is 539 g/mol. The first-order valence-corrected chi connectivity index (χ1v) is 12.1. The molecule has 2 aliphatic rings. The van der Waals surface area contributed by atoms with Crippen LogP contribution in [0.3, 0.4) is 0 Å². The number of aromatic nitrogens is 4. The normalized spacial score (nSPS) is 18.4. The van der Waals surface area contributed by atoms with Gasteiger partial charge in [0.25, 0.3) is 0 Å². The van der Waals surface area contributed by atoms with E-state index in [0.29, 0.717) is 30.9 Å². The van der Waals surface area contributed by atoms with E-state index in [1.807, 2.05) is 4.90 Å². The number of fused-ring (bicyclic) bond motifs is 4. The topological polar surface area (TPSA) is 154 Å². The van der Waals surface area contributed by atoms with Crippen LogP contribution in [-0.2, 0) is 0 Å². The number of carbonyl (C=O) groups is 2. The van der Waals surface area contributed by atoms with Crippen LogP contribution in [0.25, 0.3) is 0 Å². The minimum absolute atomic E-state index is 0.0707. The fourth-order valence-corrected chi connectivity index (χ4v) is 4.37. The molecule has 0 unspecified atom stereocenters. The molecule has 1 saturated heterocycles. The molecule has 0 saturated carbocycles. The van der Waals surface area contributed by atoms with E-state index in [0.717, 1.165) is 13.3 Å². The summed E-state index contributed by atoms with van der Waals surface area (Å²) >= 11 is 0. The second kappa shape index (κ2) is 11.0. The molecular weight excluding hydrogens is 511 g/mol. The van der Waals surface area contributed by atoms with E-state index in [4.69, 9.17) is 9.84 Å². The Kier molecular flexibility index (Phi) is 7.97. The molecule has 12 nitrogen and oxygen atoms in total. The van der Waals surface area contributed by atoms with Crippen molar-refractivity contribution in [3.63, 3.8) is 0 Å². The molecule has 38 heavy (non-hydrogen) atoms. The number of Topliss-reactive ketones (excluding diaryl/α,β-unsaturated/α-hetero) is 1. The largest absolute Gasteiger partial charge is 0.474 e. The number of amides is 2. The van der Waals surface area contributed by atoms with Gasteiger partial charge in [-0.25, -0.2) is 14.8 Å². The number of hydrogen-bond acceptors (Lipinski definition) is 10. The number of urea groups is 1. The molecule has 2 bridgehead atoms. The molecule has 4 heterocycles. The maximum atomic E-state index is 13.4. The smallest absolute Gasteiger partial charge is 0.391 e. The summed E-state index contributed by atoms with van der Waals surface area (Å²) in [7, 11) is 0. The van der Waals surface area contributed by atoms with Crippen LogP contribution in [0.5, 0.6) is 5.88 Å². The van der Waals surface area contributed by atoms with Gasteiger partial charge in [-0.3, -0.25) is 15.0 Å². The number of aryl methyl sites for hydroxylation is 1. The molecule has 1 fully saturated rings. The average Bonchev–Trinajstić information content (AvgIpc) is 2.87. The van der Waals surface area contributed by atoms with Crippen molar-refractivity contribution in [2.45, 2.75) is 51.4 Å². The number of piperidine rings is 1. The molecule has 206 valence electrons. The molecule has 2 aromatic heterocycles. The number of ketones is 1. The van der Waals surface area contributed by atoms with Crippen molar-refractivity contribution in [2.24, 2.45) is 5.92 Å². The highest BCUT2D eigenvalue weighted by Gasteiger charge is 2.41. The van der Waals surface area contributed by atoms with Gasteiger partial charge in [-0.1, -0.05) is 6.92 Å². The molecule has 0 aromatic carbocycles. The summed E-state index contributed by atoms with van der Waals surface area (Å²) in [6.07, 6.45) is -4.96. The lowest BCUT2D eigenvalue weighted by Crippen LogP contribution is -2.56. The highest BCUT2D eigenvalue weighted by Crippen LogP contribution is 2.40. The van der Waals surface area contributed by atoms with Crippen molar-refractivity contribution in [2.75, 3.05) is 41.4 Å². The van der Waals surface area contributed by atoms with Gasteiger partial charge in [-0.05, 0) is 25.8 Å². The van der Waals surface area contributed by atoms with E-state index in [-0.39, 0.29) is 36.0 Å². The van der Waals surface area contributed by atoms with E-state index in [2.05, 4.69) is 25.5 Å². The van der Waals surface area contributed by atoms with Gasteiger partial charge in [0.05, 0.1) is 24.3 Å². The molecule has 2 amide bonds. The number of rotatable bonds is 8. The van der Waals surface area contributed by atoms with E-state index < -0.39 is 43.0 Å². The van der Waals surface area contributed by atoms with Crippen molar-refractivity contribution in [1.82, 2.24) is 20.2 Å². The Balaban J connectivity index is 1.58. The highest BCUT2D eigenvalue weighted by molar-refractivity contribution is 6.04. The first kappa shape index (κ1) is 27.4. The molecule has 2 aromatic rings. The Morgan fingerprint density at radius 2 is 2.03 bits per heavy atom. The molecule has 4 rings (SSSR count). The van der Waals surface area contributed by atoms with Gasteiger partial charge >= 0.3 is 12.2 Å². The number of alkyl halides is 3. The molecule has 2 aliphatic heterocycles. The average molecular weight is 540 g/mol. The third kappa shape index (κ3) is 5.93. The summed E-state index contributed by atoms with van der Waals surface area (Å²) in [4.78, 5) is 38.0. The summed E-state index contributed by atoms with van der Waals surface area (Å²) in [5.41, 5.74) is 0.941. The maximum Gasteiger partial charge on any atom is 0.391 e. The molecular formula is C23H28F3N7O5. The number of ether oxygens (including phenoxy) is 1. The zero-order chi connectivity index (χ0) is 27.6. The van der Waals surface area contributed by atoms with E-state index in [9.17, 15) is 27.9 Å². The van der Waals surface area contributed by atoms with Gasteiger partial charge in [0.1, 0.15) is 18.4 Å². The second-order valence-corrected chi connectivity index (χ2v) is 9.32. The summed E-state index contributed by atoms with van der Waals surface area (Å²) in [6.45, 7) is 3.09. The number of aliphatic hydroxyl groups excluding tert-OH is 2. The molecule has 3 N–H and O–H groups in total.